The zero-order chi connectivity index (χ0) is 29.2. The highest BCUT2D eigenvalue weighted by Crippen LogP contribution is 2.24. The molecule has 1 saturated heterocycles. The van der Waals surface area contributed by atoms with E-state index >= 15 is 0 Å². The van der Waals surface area contributed by atoms with Crippen molar-refractivity contribution in [1.82, 2.24) is 14.8 Å². The minimum atomic E-state index is -0.620. The Balaban J connectivity index is 1.35. The van der Waals surface area contributed by atoms with Gasteiger partial charge in [0.2, 0.25) is 0 Å². The maximum Gasteiger partial charge on any atom is 0.412 e. The molecule has 0 atom stereocenters. The normalized spacial score (nSPS) is 13.9. The second-order valence-electron chi connectivity index (χ2n) is 10.8. The molecule has 0 aromatic carbocycles. The lowest BCUT2D eigenvalue weighted by molar-refractivity contribution is 0.0365. The fourth-order valence-corrected chi connectivity index (χ4v) is 5.63. The molecule has 0 radical (unpaired) electrons. The highest BCUT2D eigenvalue weighted by Gasteiger charge is 2.20. The van der Waals surface area contributed by atoms with Crippen LogP contribution in [0, 0.1) is 0 Å². The molecule has 0 bridgehead atoms. The van der Waals surface area contributed by atoms with Crippen LogP contribution in [0.15, 0.2) is 45.9 Å². The standard InChI is InChI=1S/C29H37N5O5S2/c1-29(2,3)39-28(37)32-25-20-41-18-22(25)15-26(35)24-6-5-21(16-30-24)17-34(27(36)31-23-7-14-40-19-23)9-4-8-33-10-12-38-13-11-33/h5-7,14,16,18-20H,4,8-13,15,17H2,1-3H3,(H,31,36)(H,32,37). The lowest BCUT2D eigenvalue weighted by Crippen LogP contribution is -2.40. The average molecular weight is 600 g/mol. The van der Waals surface area contributed by atoms with Crippen molar-refractivity contribution in [3.05, 3.63) is 62.7 Å². The number of hydrogen-bond donors (Lipinski definition) is 2. The summed E-state index contributed by atoms with van der Waals surface area (Å²) in [6.07, 6.45) is 2.01. The van der Waals surface area contributed by atoms with E-state index in [2.05, 4.69) is 20.5 Å². The second-order valence-corrected chi connectivity index (χ2v) is 12.3. The number of urea groups is 1. The van der Waals surface area contributed by atoms with Crippen LogP contribution in [-0.4, -0.2) is 77.7 Å². The van der Waals surface area contributed by atoms with Gasteiger partial charge in [-0.3, -0.25) is 20.0 Å². The molecule has 1 fully saturated rings. The molecule has 0 saturated carbocycles. The number of carbonyl (C=O) groups excluding carboxylic acids is 3. The summed E-state index contributed by atoms with van der Waals surface area (Å²) in [4.78, 5) is 46.8. The first-order valence-electron chi connectivity index (χ1n) is 13.6. The van der Waals surface area contributed by atoms with Gasteiger partial charge in [0.1, 0.15) is 11.3 Å². The van der Waals surface area contributed by atoms with Gasteiger partial charge >= 0.3 is 12.1 Å². The fraction of sp³-hybridized carbons (Fsp3) is 0.448. The molecule has 3 amide bonds. The minimum Gasteiger partial charge on any atom is -0.444 e. The predicted molar refractivity (Wildman–Crippen MR) is 162 cm³/mol. The van der Waals surface area contributed by atoms with E-state index in [0.717, 1.165) is 50.5 Å². The van der Waals surface area contributed by atoms with E-state index in [1.54, 1.807) is 43.3 Å². The zero-order valence-electron chi connectivity index (χ0n) is 23.7. The number of carbonyl (C=O) groups is 3. The number of aromatic nitrogens is 1. The number of morpholine rings is 1. The molecule has 220 valence electrons. The molecule has 2 N–H and O–H groups in total. The zero-order valence-corrected chi connectivity index (χ0v) is 25.3. The van der Waals surface area contributed by atoms with E-state index in [4.69, 9.17) is 9.47 Å². The van der Waals surface area contributed by atoms with Crippen molar-refractivity contribution in [3.8, 4) is 0 Å². The Morgan fingerprint density at radius 2 is 1.88 bits per heavy atom. The molecule has 4 heterocycles. The van der Waals surface area contributed by atoms with Gasteiger partial charge in [-0.2, -0.15) is 11.3 Å². The SMILES string of the molecule is CC(C)(C)OC(=O)Nc1cscc1CC(=O)c1ccc(CN(CCCN2CCOCC2)C(=O)Nc2ccsc2)cn1. The second kappa shape index (κ2) is 14.5. The first kappa shape index (κ1) is 30.6. The Morgan fingerprint density at radius 3 is 2.56 bits per heavy atom. The summed E-state index contributed by atoms with van der Waals surface area (Å²) in [7, 11) is 0. The van der Waals surface area contributed by atoms with E-state index in [1.807, 2.05) is 28.3 Å². The van der Waals surface area contributed by atoms with Crippen LogP contribution in [0.4, 0.5) is 21.0 Å². The molecule has 12 heteroatoms. The number of thiophene rings is 2. The van der Waals surface area contributed by atoms with Crippen LogP contribution < -0.4 is 10.6 Å². The predicted octanol–water partition coefficient (Wildman–Crippen LogP) is 5.73. The molecular formula is C29H37N5O5S2. The highest BCUT2D eigenvalue weighted by molar-refractivity contribution is 7.08. The van der Waals surface area contributed by atoms with E-state index in [0.29, 0.717) is 30.0 Å². The molecule has 10 nitrogen and oxygen atoms in total. The maximum absolute atomic E-state index is 13.1. The third kappa shape index (κ3) is 9.92. The van der Waals surface area contributed by atoms with Gasteiger partial charge in [-0.05, 0) is 61.2 Å². The molecule has 3 aromatic heterocycles. The van der Waals surface area contributed by atoms with Gasteiger partial charge in [-0.1, -0.05) is 6.07 Å². The quantitative estimate of drug-likeness (QED) is 0.271. The topological polar surface area (TPSA) is 113 Å². The number of Topliss-reactive ketones (excluding diaryl/α,β-unsaturated/α-hetero) is 1. The largest absolute Gasteiger partial charge is 0.444 e. The van der Waals surface area contributed by atoms with Crippen LogP contribution in [0.5, 0.6) is 0 Å². The van der Waals surface area contributed by atoms with Crippen molar-refractivity contribution in [1.29, 1.82) is 0 Å². The van der Waals surface area contributed by atoms with Crippen LogP contribution in [0.1, 0.15) is 48.8 Å². The lowest BCUT2D eigenvalue weighted by Gasteiger charge is -2.28. The number of rotatable bonds is 11. The summed E-state index contributed by atoms with van der Waals surface area (Å²) < 4.78 is 10.7. The van der Waals surface area contributed by atoms with Crippen molar-refractivity contribution in [2.24, 2.45) is 0 Å². The van der Waals surface area contributed by atoms with Gasteiger partial charge < -0.3 is 19.7 Å². The molecule has 1 aliphatic heterocycles. The molecule has 0 spiro atoms. The van der Waals surface area contributed by atoms with Gasteiger partial charge in [0.15, 0.2) is 5.78 Å². The van der Waals surface area contributed by atoms with Crippen LogP contribution in [-0.2, 0) is 22.4 Å². The van der Waals surface area contributed by atoms with E-state index in [9.17, 15) is 14.4 Å². The Bertz CT molecular complexity index is 1280. The number of nitrogens with one attached hydrogen (secondary N) is 2. The number of anilines is 2. The summed E-state index contributed by atoms with van der Waals surface area (Å²) in [5.74, 6) is -0.167. The Morgan fingerprint density at radius 1 is 1.07 bits per heavy atom. The summed E-state index contributed by atoms with van der Waals surface area (Å²) in [6, 6.07) is 5.22. The lowest BCUT2D eigenvalue weighted by atomic mass is 10.1. The number of pyridine rings is 1. The molecule has 41 heavy (non-hydrogen) atoms. The van der Waals surface area contributed by atoms with E-state index in [-0.39, 0.29) is 18.2 Å². The van der Waals surface area contributed by atoms with Crippen LogP contribution in [0.25, 0.3) is 0 Å². The number of nitrogens with zero attached hydrogens (tertiary/aromatic N) is 3. The third-order valence-corrected chi connectivity index (χ3v) is 7.75. The fourth-order valence-electron chi connectivity index (χ4n) is 4.25. The molecule has 0 aliphatic carbocycles. The van der Waals surface area contributed by atoms with E-state index in [1.165, 1.54) is 22.7 Å². The summed E-state index contributed by atoms with van der Waals surface area (Å²) in [6.45, 7) is 10.5. The highest BCUT2D eigenvalue weighted by atomic mass is 32.1. The molecule has 0 unspecified atom stereocenters. The van der Waals surface area contributed by atoms with Gasteiger partial charge in [0.05, 0.1) is 24.6 Å². The van der Waals surface area contributed by atoms with Crippen molar-refractivity contribution >= 4 is 52.0 Å². The monoisotopic (exact) mass is 599 g/mol. The number of ketones is 1. The Hall–Kier alpha value is -3.32. The summed E-state index contributed by atoms with van der Waals surface area (Å²) in [5, 5.41) is 13.1. The molecular weight excluding hydrogens is 562 g/mol. The first-order valence-corrected chi connectivity index (χ1v) is 15.5. The summed E-state index contributed by atoms with van der Waals surface area (Å²) in [5.41, 5.74) is 2.56. The Kier molecular flexibility index (Phi) is 10.9. The van der Waals surface area contributed by atoms with Crippen molar-refractivity contribution in [3.63, 3.8) is 0 Å². The van der Waals surface area contributed by atoms with Gasteiger partial charge in [-0.25, -0.2) is 9.59 Å². The van der Waals surface area contributed by atoms with Crippen LogP contribution in [0.2, 0.25) is 0 Å². The first-order chi connectivity index (χ1) is 19.7. The Labute approximate surface area is 248 Å². The van der Waals surface area contributed by atoms with Crippen LogP contribution in [0.3, 0.4) is 0 Å². The number of hydrogen-bond acceptors (Lipinski definition) is 9. The van der Waals surface area contributed by atoms with Crippen molar-refractivity contribution < 1.29 is 23.9 Å². The van der Waals surface area contributed by atoms with Gasteiger partial charge in [0, 0.05) is 56.1 Å². The third-order valence-electron chi connectivity index (χ3n) is 6.28. The average Bonchev–Trinajstić information content (AvgIpc) is 3.60. The molecule has 3 aromatic rings. The number of ether oxygens (including phenoxy) is 2. The smallest absolute Gasteiger partial charge is 0.412 e. The van der Waals surface area contributed by atoms with Gasteiger partial charge in [-0.15, -0.1) is 11.3 Å². The summed E-state index contributed by atoms with van der Waals surface area (Å²) >= 11 is 2.92. The van der Waals surface area contributed by atoms with Crippen molar-refractivity contribution in [2.75, 3.05) is 50.0 Å². The van der Waals surface area contributed by atoms with Gasteiger partial charge in [0.25, 0.3) is 0 Å². The van der Waals surface area contributed by atoms with Crippen molar-refractivity contribution in [2.45, 2.75) is 45.8 Å². The molecule has 1 aliphatic rings. The minimum absolute atomic E-state index is 0.0949. The van der Waals surface area contributed by atoms with Crippen LogP contribution >= 0.6 is 22.7 Å². The van der Waals surface area contributed by atoms with E-state index < -0.39 is 11.7 Å². The molecule has 4 rings (SSSR count). The maximum atomic E-state index is 13.1. The number of amides is 3.